The normalized spacial score (nSPS) is 15.4. The Morgan fingerprint density at radius 2 is 1.73 bits per heavy atom. The monoisotopic (exact) mass is 158 g/mol. The molecule has 0 radical (unpaired) electrons. The molecule has 11 heavy (non-hydrogen) atoms. The van der Waals surface area contributed by atoms with E-state index in [1.807, 2.05) is 18.7 Å². The molecule has 0 aromatic heterocycles. The number of likely N-dealkylation sites (tertiary alicyclic amines) is 1. The van der Waals surface area contributed by atoms with Gasteiger partial charge in [-0.2, -0.15) is 0 Å². The lowest BCUT2D eigenvalue weighted by atomic mass is 10.4. The van der Waals surface area contributed by atoms with Crippen molar-refractivity contribution in [3.05, 3.63) is 0 Å². The molecule has 0 spiro atoms. The quantitative estimate of drug-likeness (QED) is 0.568. The number of hydrogen-bond acceptors (Lipinski definition) is 1. The fourth-order valence-corrected chi connectivity index (χ4v) is 1.08. The van der Waals surface area contributed by atoms with Crippen molar-refractivity contribution in [1.29, 1.82) is 0 Å². The molecule has 0 aromatic carbocycles. The number of urea groups is 1. The molecule has 66 valence electrons. The van der Waals surface area contributed by atoms with Gasteiger partial charge in [-0.1, -0.05) is 13.8 Å². The summed E-state index contributed by atoms with van der Waals surface area (Å²) in [6.45, 7) is 5.86. The second-order valence-corrected chi connectivity index (χ2v) is 2.25. The van der Waals surface area contributed by atoms with Gasteiger partial charge in [0.05, 0.1) is 0 Å². The Hall–Kier alpha value is -0.730. The minimum Gasteiger partial charge on any atom is -0.341 e. The molecule has 3 nitrogen and oxygen atoms in total. The largest absolute Gasteiger partial charge is 0.341 e. The molecule has 0 saturated carbocycles. The van der Waals surface area contributed by atoms with Crippen LogP contribution >= 0.6 is 0 Å². The first-order chi connectivity index (χ1) is 5.34. The molecular weight excluding hydrogens is 140 g/mol. The molecule has 1 saturated heterocycles. The van der Waals surface area contributed by atoms with Crippen molar-refractivity contribution < 1.29 is 4.79 Å². The molecule has 1 rings (SSSR count). The van der Waals surface area contributed by atoms with Crippen LogP contribution in [0, 0.1) is 0 Å². The predicted octanol–water partition coefficient (Wildman–Crippen LogP) is 1.45. The molecule has 1 heterocycles. The molecule has 0 unspecified atom stereocenters. The van der Waals surface area contributed by atoms with Gasteiger partial charge in [-0.3, -0.25) is 0 Å². The third-order valence-corrected chi connectivity index (χ3v) is 1.61. The van der Waals surface area contributed by atoms with E-state index < -0.39 is 0 Å². The summed E-state index contributed by atoms with van der Waals surface area (Å²) < 4.78 is 0. The molecule has 1 fully saturated rings. The molecule has 2 amide bonds. The van der Waals surface area contributed by atoms with Gasteiger partial charge in [-0.05, 0) is 12.8 Å². The molecule has 1 N–H and O–H groups in total. The molecule has 3 heteroatoms. The highest BCUT2D eigenvalue weighted by Gasteiger charge is 2.15. The van der Waals surface area contributed by atoms with Crippen LogP contribution < -0.4 is 5.32 Å². The Balaban J connectivity index is 0.000000461. The number of hydrogen-bond donors (Lipinski definition) is 1. The number of rotatable bonds is 0. The summed E-state index contributed by atoms with van der Waals surface area (Å²) in [5.74, 6) is 0. The maximum Gasteiger partial charge on any atom is 0.317 e. The van der Waals surface area contributed by atoms with Gasteiger partial charge >= 0.3 is 6.03 Å². The van der Waals surface area contributed by atoms with Gasteiger partial charge in [0.1, 0.15) is 0 Å². The van der Waals surface area contributed by atoms with E-state index in [4.69, 9.17) is 0 Å². The van der Waals surface area contributed by atoms with Crippen molar-refractivity contribution in [3.8, 4) is 0 Å². The summed E-state index contributed by atoms with van der Waals surface area (Å²) in [7, 11) is 1.67. The summed E-state index contributed by atoms with van der Waals surface area (Å²) in [5, 5.41) is 2.59. The maximum atomic E-state index is 10.8. The highest BCUT2D eigenvalue weighted by Crippen LogP contribution is 2.06. The minimum absolute atomic E-state index is 0.0625. The van der Waals surface area contributed by atoms with Gasteiger partial charge in [0, 0.05) is 20.1 Å². The Bertz CT molecular complexity index is 109. The average molecular weight is 158 g/mol. The fraction of sp³-hybridized carbons (Fsp3) is 0.875. The van der Waals surface area contributed by atoms with Gasteiger partial charge in [-0.25, -0.2) is 4.79 Å². The van der Waals surface area contributed by atoms with E-state index in [2.05, 4.69) is 5.32 Å². The topological polar surface area (TPSA) is 32.3 Å². The summed E-state index contributed by atoms with van der Waals surface area (Å²) in [6, 6.07) is 0.0625. The Labute approximate surface area is 68.8 Å². The standard InChI is InChI=1S/C6H12N2O.C2H6/c1-7-6(9)8-4-2-3-5-8;1-2/h2-5H2,1H3,(H,7,9);1-2H3. The molecule has 1 aliphatic heterocycles. The lowest BCUT2D eigenvalue weighted by Crippen LogP contribution is -2.35. The van der Waals surface area contributed by atoms with E-state index >= 15 is 0 Å². The smallest absolute Gasteiger partial charge is 0.317 e. The van der Waals surface area contributed by atoms with Gasteiger partial charge < -0.3 is 10.2 Å². The molecule has 0 bridgehead atoms. The molecule has 0 aliphatic carbocycles. The van der Waals surface area contributed by atoms with Crippen LogP contribution in [-0.4, -0.2) is 31.1 Å². The van der Waals surface area contributed by atoms with Crippen molar-refractivity contribution in [2.45, 2.75) is 26.7 Å². The van der Waals surface area contributed by atoms with Crippen molar-refractivity contribution in [1.82, 2.24) is 10.2 Å². The summed E-state index contributed by atoms with van der Waals surface area (Å²) in [6.07, 6.45) is 2.32. The van der Waals surface area contributed by atoms with Crippen molar-refractivity contribution in [2.24, 2.45) is 0 Å². The SMILES string of the molecule is CC.CNC(=O)N1CCCC1. The van der Waals surface area contributed by atoms with E-state index in [0.717, 1.165) is 25.9 Å². The third kappa shape index (κ3) is 3.25. The second-order valence-electron chi connectivity index (χ2n) is 2.25. The summed E-state index contributed by atoms with van der Waals surface area (Å²) >= 11 is 0. The summed E-state index contributed by atoms with van der Waals surface area (Å²) in [5.41, 5.74) is 0. The number of nitrogens with one attached hydrogen (secondary N) is 1. The summed E-state index contributed by atoms with van der Waals surface area (Å²) in [4.78, 5) is 12.7. The van der Waals surface area contributed by atoms with E-state index in [-0.39, 0.29) is 6.03 Å². The van der Waals surface area contributed by atoms with Crippen molar-refractivity contribution >= 4 is 6.03 Å². The zero-order valence-corrected chi connectivity index (χ0v) is 7.68. The van der Waals surface area contributed by atoms with E-state index in [1.165, 1.54) is 0 Å². The first-order valence-corrected chi connectivity index (χ1v) is 4.31. The van der Waals surface area contributed by atoms with Crippen LogP contribution in [-0.2, 0) is 0 Å². The van der Waals surface area contributed by atoms with Crippen LogP contribution in [0.5, 0.6) is 0 Å². The first-order valence-electron chi connectivity index (χ1n) is 4.31. The molecule has 1 aliphatic rings. The van der Waals surface area contributed by atoms with Crippen LogP contribution in [0.3, 0.4) is 0 Å². The highest BCUT2D eigenvalue weighted by atomic mass is 16.2. The van der Waals surface area contributed by atoms with Crippen LogP contribution in [0.25, 0.3) is 0 Å². The van der Waals surface area contributed by atoms with Crippen LogP contribution in [0.1, 0.15) is 26.7 Å². The van der Waals surface area contributed by atoms with Gasteiger partial charge in [0.25, 0.3) is 0 Å². The van der Waals surface area contributed by atoms with Gasteiger partial charge in [-0.15, -0.1) is 0 Å². The second kappa shape index (κ2) is 6.01. The van der Waals surface area contributed by atoms with Gasteiger partial charge in [0.2, 0.25) is 0 Å². The zero-order chi connectivity index (χ0) is 8.69. The van der Waals surface area contributed by atoms with E-state index in [0.29, 0.717) is 0 Å². The highest BCUT2D eigenvalue weighted by molar-refractivity contribution is 5.73. The number of carbonyl (C=O) groups is 1. The minimum atomic E-state index is 0.0625. The predicted molar refractivity (Wildman–Crippen MR) is 46.6 cm³/mol. The van der Waals surface area contributed by atoms with Crippen molar-refractivity contribution in [2.75, 3.05) is 20.1 Å². The van der Waals surface area contributed by atoms with Gasteiger partial charge in [0.15, 0.2) is 0 Å². The number of nitrogens with zero attached hydrogens (tertiary/aromatic N) is 1. The van der Waals surface area contributed by atoms with Crippen LogP contribution in [0.4, 0.5) is 4.79 Å². The Morgan fingerprint density at radius 3 is 2.09 bits per heavy atom. The molecule has 0 atom stereocenters. The number of carbonyl (C=O) groups excluding carboxylic acids is 1. The van der Waals surface area contributed by atoms with Crippen molar-refractivity contribution in [3.63, 3.8) is 0 Å². The molecular formula is C8H18N2O. The average Bonchev–Trinajstić information content (AvgIpc) is 2.59. The Kier molecular flexibility index (Phi) is 5.61. The van der Waals surface area contributed by atoms with Crippen LogP contribution in [0.15, 0.2) is 0 Å². The third-order valence-electron chi connectivity index (χ3n) is 1.61. The number of amides is 2. The van der Waals surface area contributed by atoms with Crippen LogP contribution in [0.2, 0.25) is 0 Å². The lowest BCUT2D eigenvalue weighted by Gasteiger charge is -2.13. The van der Waals surface area contributed by atoms with E-state index in [1.54, 1.807) is 7.05 Å². The lowest BCUT2D eigenvalue weighted by molar-refractivity contribution is 0.211. The fourth-order valence-electron chi connectivity index (χ4n) is 1.08. The van der Waals surface area contributed by atoms with E-state index in [9.17, 15) is 4.79 Å². The maximum absolute atomic E-state index is 10.8. The first kappa shape index (κ1) is 10.3. The Morgan fingerprint density at radius 1 is 1.27 bits per heavy atom. The molecule has 0 aromatic rings. The zero-order valence-electron chi connectivity index (χ0n) is 7.68.